The Morgan fingerprint density at radius 3 is 2.14 bits per heavy atom. The zero-order valence-corrected chi connectivity index (χ0v) is 24.3. The summed E-state index contributed by atoms with van der Waals surface area (Å²) >= 11 is 0. The second kappa shape index (κ2) is 9.05. The van der Waals surface area contributed by atoms with Crippen LogP contribution in [0.4, 0.5) is 0 Å². The summed E-state index contributed by atoms with van der Waals surface area (Å²) in [5.74, 6) is 1.29. The van der Waals surface area contributed by atoms with Crippen molar-refractivity contribution in [1.29, 1.82) is 0 Å². The lowest BCUT2D eigenvalue weighted by Crippen LogP contribution is -2.60. The van der Waals surface area contributed by atoms with Crippen molar-refractivity contribution in [3.05, 3.63) is 11.6 Å². The van der Waals surface area contributed by atoms with Crippen molar-refractivity contribution in [3.8, 4) is 0 Å². The quantitative estimate of drug-likeness (QED) is 0.377. The molecule has 4 rings (SSSR count). The van der Waals surface area contributed by atoms with Crippen LogP contribution >= 0.6 is 0 Å². The Balaban J connectivity index is 1.62. The molecule has 3 saturated carbocycles. The Morgan fingerprint density at radius 2 is 1.56 bits per heavy atom. The Bertz CT molecular complexity index is 860. The Kier molecular flexibility index (Phi) is 7.17. The molecule has 208 valence electrons. The van der Waals surface area contributed by atoms with Gasteiger partial charge in [0.05, 0.1) is 17.8 Å². The lowest BCUT2D eigenvalue weighted by atomic mass is 9.39. The first kappa shape index (κ1) is 28.5. The largest absolute Gasteiger partial charge is 0.390 e. The normalized spacial score (nSPS) is 45.5. The Labute approximate surface area is 219 Å². The summed E-state index contributed by atoms with van der Waals surface area (Å²) in [5, 5.41) is 42.6. The molecule has 0 saturated heterocycles. The third-order valence-corrected chi connectivity index (χ3v) is 12.7. The number of allylic oxidation sites excluding steroid dienone is 1. The van der Waals surface area contributed by atoms with Gasteiger partial charge < -0.3 is 25.2 Å². The second-order valence-electron chi connectivity index (χ2n) is 14.9. The lowest BCUT2D eigenvalue weighted by Gasteiger charge is -2.66. The van der Waals surface area contributed by atoms with Crippen LogP contribution in [-0.2, 0) is 4.74 Å². The molecule has 0 spiro atoms. The van der Waals surface area contributed by atoms with Crippen LogP contribution in [0.3, 0.4) is 0 Å². The van der Waals surface area contributed by atoms with Crippen LogP contribution < -0.4 is 0 Å². The van der Waals surface area contributed by atoms with E-state index in [0.717, 1.165) is 32.1 Å². The molecule has 3 fully saturated rings. The van der Waals surface area contributed by atoms with Crippen LogP contribution in [0.5, 0.6) is 0 Å². The first-order chi connectivity index (χ1) is 16.5. The van der Waals surface area contributed by atoms with Gasteiger partial charge in [-0.25, -0.2) is 0 Å². The molecule has 0 aromatic rings. The number of hydrogen-bond acceptors (Lipinski definition) is 5. The number of methoxy groups -OCH3 is 1. The third-order valence-electron chi connectivity index (χ3n) is 12.7. The van der Waals surface area contributed by atoms with Crippen LogP contribution in [0.1, 0.15) is 100 Å². The smallest absolute Gasteiger partial charge is 0.110 e. The molecule has 4 aliphatic carbocycles. The number of hydrogen-bond donors (Lipinski definition) is 4. The fourth-order valence-electron chi connectivity index (χ4n) is 10.1. The van der Waals surface area contributed by atoms with E-state index in [9.17, 15) is 20.4 Å². The van der Waals surface area contributed by atoms with Gasteiger partial charge in [0.2, 0.25) is 0 Å². The van der Waals surface area contributed by atoms with Gasteiger partial charge in [-0.05, 0) is 98.7 Å². The monoisotopic (exact) mass is 506 g/mol. The molecular formula is C31H54O5. The van der Waals surface area contributed by atoms with E-state index in [1.54, 1.807) is 5.57 Å². The van der Waals surface area contributed by atoms with Gasteiger partial charge in [-0.15, -0.1) is 0 Å². The highest BCUT2D eigenvalue weighted by Gasteiger charge is 2.67. The SMILES string of the molecule is CO[C@H]1CCC2C(=CCC3[C@@]2(C)CC[C@]2(C)[C@@H]([C@H](C)[C@H](O)[C@@H](O)[C@@H](O)C(C)(C)O)CC[C@@]32C)C1(C)C. The Hall–Kier alpha value is -0.460. The summed E-state index contributed by atoms with van der Waals surface area (Å²) in [4.78, 5) is 0. The lowest BCUT2D eigenvalue weighted by molar-refractivity contribution is -0.171. The van der Waals surface area contributed by atoms with Gasteiger partial charge in [0, 0.05) is 12.5 Å². The average Bonchev–Trinajstić information content (AvgIpc) is 3.07. The van der Waals surface area contributed by atoms with Crippen molar-refractivity contribution >= 4 is 0 Å². The zero-order valence-electron chi connectivity index (χ0n) is 24.3. The van der Waals surface area contributed by atoms with Crippen molar-refractivity contribution in [1.82, 2.24) is 0 Å². The van der Waals surface area contributed by atoms with E-state index in [1.807, 2.05) is 14.0 Å². The fraction of sp³-hybridized carbons (Fsp3) is 0.935. The van der Waals surface area contributed by atoms with E-state index < -0.39 is 23.9 Å². The van der Waals surface area contributed by atoms with Crippen LogP contribution in [-0.4, -0.2) is 57.6 Å². The minimum atomic E-state index is -1.47. The minimum absolute atomic E-state index is 0.0571. The highest BCUT2D eigenvalue weighted by Crippen LogP contribution is 2.75. The van der Waals surface area contributed by atoms with Crippen molar-refractivity contribution in [3.63, 3.8) is 0 Å². The van der Waals surface area contributed by atoms with Crippen LogP contribution in [0.15, 0.2) is 11.6 Å². The molecule has 0 amide bonds. The molecule has 11 atom stereocenters. The van der Waals surface area contributed by atoms with E-state index in [4.69, 9.17) is 4.74 Å². The molecule has 0 bridgehead atoms. The van der Waals surface area contributed by atoms with Crippen LogP contribution in [0, 0.1) is 45.3 Å². The van der Waals surface area contributed by atoms with Crippen molar-refractivity contribution < 1.29 is 25.2 Å². The third kappa shape index (κ3) is 3.89. The number of aliphatic hydroxyl groups excluding tert-OH is 3. The zero-order chi connectivity index (χ0) is 27.1. The van der Waals surface area contributed by atoms with Gasteiger partial charge in [0.1, 0.15) is 12.2 Å². The number of fused-ring (bicyclic) bond motifs is 5. The minimum Gasteiger partial charge on any atom is -0.390 e. The van der Waals surface area contributed by atoms with Gasteiger partial charge in [-0.2, -0.15) is 0 Å². The fourth-order valence-corrected chi connectivity index (χ4v) is 10.1. The maximum absolute atomic E-state index is 11.2. The summed E-state index contributed by atoms with van der Waals surface area (Å²) in [6, 6.07) is 0. The van der Waals surface area contributed by atoms with Gasteiger partial charge in [0.15, 0.2) is 0 Å². The molecule has 0 aromatic carbocycles. The molecule has 0 aromatic heterocycles. The maximum atomic E-state index is 11.2. The second-order valence-corrected chi connectivity index (χ2v) is 14.9. The first-order valence-electron chi connectivity index (χ1n) is 14.5. The van der Waals surface area contributed by atoms with E-state index in [1.165, 1.54) is 26.7 Å². The highest BCUT2D eigenvalue weighted by molar-refractivity contribution is 5.30. The molecule has 0 radical (unpaired) electrons. The topological polar surface area (TPSA) is 90.2 Å². The van der Waals surface area contributed by atoms with Gasteiger partial charge in [-0.3, -0.25) is 0 Å². The number of ether oxygens (including phenoxy) is 1. The molecule has 4 aliphatic rings. The van der Waals surface area contributed by atoms with Gasteiger partial charge >= 0.3 is 0 Å². The standard InChI is InChI=1S/C31H54O5/c1-18(24(32)25(33)26(34)28(4,5)35)19-14-15-31(8)22-12-10-20-21(11-13-23(36-9)27(20,2)3)29(22,6)16-17-30(19,31)7/h10,18-19,21-26,32-35H,11-17H2,1-9H3/t18-,19+,21?,22?,23-,24-,25+,26+,29-,30+,31-/m0/s1. The number of aliphatic hydroxyl groups is 4. The highest BCUT2D eigenvalue weighted by atomic mass is 16.5. The van der Waals surface area contributed by atoms with E-state index in [0.29, 0.717) is 11.8 Å². The molecule has 2 unspecified atom stereocenters. The molecule has 0 aliphatic heterocycles. The molecule has 4 N–H and O–H groups in total. The molecule has 5 heteroatoms. The van der Waals surface area contributed by atoms with Crippen LogP contribution in [0.25, 0.3) is 0 Å². The molecule has 0 heterocycles. The van der Waals surface area contributed by atoms with Gasteiger partial charge in [0.25, 0.3) is 0 Å². The average molecular weight is 507 g/mol. The molecule has 36 heavy (non-hydrogen) atoms. The Morgan fingerprint density at radius 1 is 0.917 bits per heavy atom. The summed E-state index contributed by atoms with van der Waals surface area (Å²) < 4.78 is 5.93. The predicted molar refractivity (Wildman–Crippen MR) is 143 cm³/mol. The van der Waals surface area contributed by atoms with Crippen molar-refractivity contribution in [2.24, 2.45) is 45.3 Å². The summed E-state index contributed by atoms with van der Waals surface area (Å²) in [5.41, 5.74) is 0.699. The number of rotatable bonds is 6. The first-order valence-corrected chi connectivity index (χ1v) is 14.5. The van der Waals surface area contributed by atoms with Crippen molar-refractivity contribution in [2.75, 3.05) is 7.11 Å². The summed E-state index contributed by atoms with van der Waals surface area (Å²) in [6.07, 6.45) is 6.93. The van der Waals surface area contributed by atoms with Gasteiger partial charge in [-0.1, -0.05) is 53.2 Å². The van der Waals surface area contributed by atoms with E-state index >= 15 is 0 Å². The van der Waals surface area contributed by atoms with E-state index in [-0.39, 0.29) is 39.6 Å². The maximum Gasteiger partial charge on any atom is 0.110 e. The summed E-state index contributed by atoms with van der Waals surface area (Å²) in [7, 11) is 1.86. The molecular weight excluding hydrogens is 452 g/mol. The van der Waals surface area contributed by atoms with Crippen molar-refractivity contribution in [2.45, 2.75) is 130 Å². The molecule has 5 nitrogen and oxygen atoms in total. The predicted octanol–water partition coefficient (Wildman–Crippen LogP) is 5.10. The summed E-state index contributed by atoms with van der Waals surface area (Å²) in [6.45, 7) is 17.3. The van der Waals surface area contributed by atoms with E-state index in [2.05, 4.69) is 40.7 Å². The van der Waals surface area contributed by atoms with Crippen LogP contribution in [0.2, 0.25) is 0 Å².